The van der Waals surface area contributed by atoms with Gasteiger partial charge in [-0.25, -0.2) is 4.79 Å². The Hall–Kier alpha value is -2.28. The SMILES string of the molecule is CCC1CCC2(CC1)NC(=O)N(C[C@H](O)COc1ccc(OC)cc1)C2=O. The molecule has 7 nitrogen and oxygen atoms in total. The average Bonchev–Trinajstić information content (AvgIpc) is 2.91. The van der Waals surface area contributed by atoms with E-state index in [-0.39, 0.29) is 19.1 Å². The van der Waals surface area contributed by atoms with Gasteiger partial charge in [-0.3, -0.25) is 9.69 Å². The van der Waals surface area contributed by atoms with Crippen LogP contribution in [-0.4, -0.2) is 53.8 Å². The molecule has 1 aromatic rings. The highest BCUT2D eigenvalue weighted by atomic mass is 16.5. The number of carbonyl (C=O) groups excluding carboxylic acids is 2. The maximum Gasteiger partial charge on any atom is 0.325 e. The Balaban J connectivity index is 1.53. The summed E-state index contributed by atoms with van der Waals surface area (Å²) in [6.45, 7) is 2.08. The van der Waals surface area contributed by atoms with E-state index in [2.05, 4.69) is 12.2 Å². The molecule has 2 N–H and O–H groups in total. The van der Waals surface area contributed by atoms with Gasteiger partial charge >= 0.3 is 6.03 Å². The van der Waals surface area contributed by atoms with Gasteiger partial charge in [-0.15, -0.1) is 0 Å². The average molecular weight is 376 g/mol. The lowest BCUT2D eigenvalue weighted by atomic mass is 9.75. The highest BCUT2D eigenvalue weighted by molar-refractivity contribution is 6.07. The Kier molecular flexibility index (Phi) is 5.89. The minimum atomic E-state index is -0.955. The lowest BCUT2D eigenvalue weighted by Crippen LogP contribution is -2.50. The molecule has 1 saturated carbocycles. The predicted molar refractivity (Wildman–Crippen MR) is 99.7 cm³/mol. The second-order valence-electron chi connectivity index (χ2n) is 7.42. The van der Waals surface area contributed by atoms with Crippen LogP contribution in [0.5, 0.6) is 11.5 Å². The maximum absolute atomic E-state index is 12.8. The van der Waals surface area contributed by atoms with Gasteiger partial charge in [0, 0.05) is 0 Å². The highest BCUT2D eigenvalue weighted by Crippen LogP contribution is 2.37. The molecule has 0 unspecified atom stereocenters. The van der Waals surface area contributed by atoms with E-state index in [1.807, 2.05) is 0 Å². The monoisotopic (exact) mass is 376 g/mol. The van der Waals surface area contributed by atoms with E-state index < -0.39 is 17.7 Å². The zero-order valence-corrected chi connectivity index (χ0v) is 15.9. The molecule has 148 valence electrons. The summed E-state index contributed by atoms with van der Waals surface area (Å²) in [6.07, 6.45) is 3.38. The fourth-order valence-electron chi connectivity index (χ4n) is 3.89. The number of imide groups is 1. The number of urea groups is 1. The zero-order valence-electron chi connectivity index (χ0n) is 15.9. The van der Waals surface area contributed by atoms with Crippen LogP contribution in [-0.2, 0) is 4.79 Å². The summed E-state index contributed by atoms with van der Waals surface area (Å²) in [6, 6.07) is 6.57. The maximum atomic E-state index is 12.8. The number of ether oxygens (including phenoxy) is 2. The van der Waals surface area contributed by atoms with Gasteiger partial charge in [0.25, 0.3) is 5.91 Å². The number of hydrogen-bond acceptors (Lipinski definition) is 5. The molecule has 1 aliphatic heterocycles. The van der Waals surface area contributed by atoms with E-state index in [1.165, 1.54) is 0 Å². The van der Waals surface area contributed by atoms with Gasteiger partial charge in [0.05, 0.1) is 13.7 Å². The second-order valence-corrected chi connectivity index (χ2v) is 7.42. The third-order valence-corrected chi connectivity index (χ3v) is 5.68. The van der Waals surface area contributed by atoms with Crippen LogP contribution >= 0.6 is 0 Å². The third kappa shape index (κ3) is 4.18. The molecular weight excluding hydrogens is 348 g/mol. The van der Waals surface area contributed by atoms with Crippen molar-refractivity contribution in [3.63, 3.8) is 0 Å². The van der Waals surface area contributed by atoms with Crippen molar-refractivity contribution in [3.05, 3.63) is 24.3 Å². The number of β-amino-alcohol motifs (C(OH)–C–C–N with tert-alkyl or cyclic N) is 1. The van der Waals surface area contributed by atoms with Gasteiger partial charge in [0.2, 0.25) is 0 Å². The molecule has 1 atom stereocenters. The Morgan fingerprint density at radius 2 is 1.85 bits per heavy atom. The molecule has 3 amide bonds. The number of aliphatic hydroxyl groups excluding tert-OH is 1. The van der Waals surface area contributed by atoms with Gasteiger partial charge in [0.15, 0.2) is 0 Å². The Labute approximate surface area is 159 Å². The van der Waals surface area contributed by atoms with Crippen molar-refractivity contribution in [1.82, 2.24) is 10.2 Å². The summed E-state index contributed by atoms with van der Waals surface area (Å²) in [5.41, 5.74) is -0.778. The fourth-order valence-corrected chi connectivity index (χ4v) is 3.89. The molecule has 2 aliphatic rings. The number of hydrogen-bond donors (Lipinski definition) is 2. The number of rotatable bonds is 7. The van der Waals surface area contributed by atoms with E-state index in [0.29, 0.717) is 30.3 Å². The van der Waals surface area contributed by atoms with Crippen molar-refractivity contribution < 1.29 is 24.2 Å². The quantitative estimate of drug-likeness (QED) is 0.713. The first kappa shape index (κ1) is 19.5. The summed E-state index contributed by atoms with van der Waals surface area (Å²) >= 11 is 0. The van der Waals surface area contributed by atoms with Gasteiger partial charge in [-0.1, -0.05) is 13.3 Å². The second kappa shape index (κ2) is 8.17. The molecular formula is C20H28N2O5. The summed E-state index contributed by atoms with van der Waals surface area (Å²) in [4.78, 5) is 26.3. The first-order valence-electron chi connectivity index (χ1n) is 9.56. The summed E-state index contributed by atoms with van der Waals surface area (Å²) < 4.78 is 10.6. The summed E-state index contributed by atoms with van der Waals surface area (Å²) in [5, 5.41) is 13.1. The lowest BCUT2D eigenvalue weighted by molar-refractivity contribution is -0.133. The van der Waals surface area contributed by atoms with E-state index in [4.69, 9.17) is 9.47 Å². The van der Waals surface area contributed by atoms with Gasteiger partial charge < -0.3 is 19.9 Å². The minimum absolute atomic E-state index is 0.00566. The number of amides is 3. The summed E-state index contributed by atoms with van der Waals surface area (Å²) in [7, 11) is 1.58. The number of methoxy groups -OCH3 is 1. The topological polar surface area (TPSA) is 88.1 Å². The standard InChI is InChI=1S/C20H28N2O5/c1-3-14-8-10-20(11-9-14)18(24)22(19(25)21-20)12-15(23)13-27-17-6-4-16(26-2)5-7-17/h4-7,14-15,23H,3,8-13H2,1-2H3,(H,21,25)/t14?,15-,20?/m0/s1. The number of nitrogens with zero attached hydrogens (tertiary/aromatic N) is 1. The van der Waals surface area contributed by atoms with Crippen molar-refractivity contribution in [3.8, 4) is 11.5 Å². The molecule has 1 saturated heterocycles. The molecule has 7 heteroatoms. The number of benzene rings is 1. The molecule has 2 fully saturated rings. The molecule has 3 rings (SSSR count). The van der Waals surface area contributed by atoms with E-state index in [0.717, 1.165) is 24.2 Å². The van der Waals surface area contributed by atoms with E-state index in [1.54, 1.807) is 31.4 Å². The molecule has 0 bridgehead atoms. The predicted octanol–water partition coefficient (Wildman–Crippen LogP) is 2.33. The van der Waals surface area contributed by atoms with Gasteiger partial charge in [-0.05, 0) is 55.9 Å². The smallest absolute Gasteiger partial charge is 0.325 e. The largest absolute Gasteiger partial charge is 0.497 e. The van der Waals surface area contributed by atoms with Gasteiger partial charge in [-0.2, -0.15) is 0 Å². The molecule has 0 aromatic heterocycles. The molecule has 27 heavy (non-hydrogen) atoms. The number of nitrogens with one attached hydrogen (secondary N) is 1. The Morgan fingerprint density at radius 1 is 1.22 bits per heavy atom. The minimum Gasteiger partial charge on any atom is -0.497 e. The van der Waals surface area contributed by atoms with Crippen LogP contribution in [0.1, 0.15) is 39.0 Å². The fraction of sp³-hybridized carbons (Fsp3) is 0.600. The first-order valence-corrected chi connectivity index (χ1v) is 9.56. The number of carbonyl (C=O) groups is 2. The molecule has 1 heterocycles. The van der Waals surface area contributed by atoms with Crippen molar-refractivity contribution >= 4 is 11.9 Å². The van der Waals surface area contributed by atoms with Crippen LogP contribution in [0.4, 0.5) is 4.79 Å². The van der Waals surface area contributed by atoms with E-state index in [9.17, 15) is 14.7 Å². The van der Waals surface area contributed by atoms with Crippen molar-refractivity contribution in [1.29, 1.82) is 0 Å². The highest BCUT2D eigenvalue weighted by Gasteiger charge is 2.52. The van der Waals surface area contributed by atoms with Crippen LogP contribution in [0.3, 0.4) is 0 Å². The Morgan fingerprint density at radius 3 is 2.44 bits per heavy atom. The summed E-state index contributed by atoms with van der Waals surface area (Å²) in [5.74, 6) is 1.70. The van der Waals surface area contributed by atoms with Crippen molar-refractivity contribution in [2.45, 2.75) is 50.7 Å². The van der Waals surface area contributed by atoms with Crippen LogP contribution < -0.4 is 14.8 Å². The normalized spacial score (nSPS) is 26.2. The van der Waals surface area contributed by atoms with Crippen LogP contribution in [0.2, 0.25) is 0 Å². The van der Waals surface area contributed by atoms with Crippen molar-refractivity contribution in [2.75, 3.05) is 20.3 Å². The van der Waals surface area contributed by atoms with E-state index >= 15 is 0 Å². The Bertz CT molecular complexity index is 667. The third-order valence-electron chi connectivity index (χ3n) is 5.68. The molecule has 1 spiro atoms. The first-order chi connectivity index (χ1) is 13.0. The molecule has 0 radical (unpaired) electrons. The van der Waals surface area contributed by atoms with Crippen LogP contribution in [0, 0.1) is 5.92 Å². The van der Waals surface area contributed by atoms with Crippen LogP contribution in [0.15, 0.2) is 24.3 Å². The number of aliphatic hydroxyl groups is 1. The van der Waals surface area contributed by atoms with Gasteiger partial charge in [0.1, 0.15) is 29.7 Å². The lowest BCUT2D eigenvalue weighted by Gasteiger charge is -2.34. The molecule has 1 aliphatic carbocycles. The molecule has 1 aromatic carbocycles. The zero-order chi connectivity index (χ0) is 19.4. The van der Waals surface area contributed by atoms with Crippen LogP contribution in [0.25, 0.3) is 0 Å². The van der Waals surface area contributed by atoms with Crippen molar-refractivity contribution in [2.24, 2.45) is 5.92 Å².